The van der Waals surface area contributed by atoms with Crippen molar-refractivity contribution in [2.45, 2.75) is 66.3 Å². The Morgan fingerprint density at radius 1 is 1.00 bits per heavy atom. The summed E-state index contributed by atoms with van der Waals surface area (Å²) in [6.45, 7) is 13.9. The van der Waals surface area contributed by atoms with Crippen LogP contribution in [-0.4, -0.2) is 27.0 Å². The number of halogens is 1. The monoisotopic (exact) mass is 313 g/mol. The van der Waals surface area contributed by atoms with E-state index >= 15 is 0 Å². The molecular formula is C15H28ClN5. The molecule has 2 N–H and O–H groups in total. The van der Waals surface area contributed by atoms with Crippen LogP contribution in [0.1, 0.15) is 60.8 Å². The molecule has 0 saturated carbocycles. The van der Waals surface area contributed by atoms with Gasteiger partial charge in [-0.2, -0.15) is 15.0 Å². The minimum Gasteiger partial charge on any atom is -0.354 e. The minimum absolute atomic E-state index is 0.121. The third-order valence-electron chi connectivity index (χ3n) is 2.84. The largest absolute Gasteiger partial charge is 0.354 e. The lowest BCUT2D eigenvalue weighted by molar-refractivity contribution is 0.301. The van der Waals surface area contributed by atoms with Crippen LogP contribution in [0.15, 0.2) is 0 Å². The molecule has 1 rings (SSSR count). The van der Waals surface area contributed by atoms with Crippen molar-refractivity contribution in [2.75, 3.05) is 17.2 Å². The first-order valence-corrected chi connectivity index (χ1v) is 7.93. The Balaban J connectivity index is 2.78. The van der Waals surface area contributed by atoms with Crippen LogP contribution in [0.5, 0.6) is 0 Å². The maximum Gasteiger partial charge on any atom is 0.229 e. The summed E-state index contributed by atoms with van der Waals surface area (Å²) < 4.78 is 0. The van der Waals surface area contributed by atoms with Crippen LogP contribution in [0.3, 0.4) is 0 Å². The van der Waals surface area contributed by atoms with E-state index in [1.807, 2.05) is 0 Å². The average Bonchev–Trinajstić information content (AvgIpc) is 2.23. The smallest absolute Gasteiger partial charge is 0.229 e. The molecule has 1 heterocycles. The Bertz CT molecular complexity index is 454. The molecule has 0 unspecified atom stereocenters. The summed E-state index contributed by atoms with van der Waals surface area (Å²) in [4.78, 5) is 12.7. The van der Waals surface area contributed by atoms with E-state index in [1.54, 1.807) is 0 Å². The second-order valence-corrected chi connectivity index (χ2v) is 7.62. The Kier molecular flexibility index (Phi) is 6.20. The molecule has 0 aliphatic rings. The standard InChI is InChI=1S/C15H28ClN5/c1-7-8-9-17-12-18-11(16)19-13(20-12)21-15(5,6)10-14(2,3)4/h7-10H2,1-6H3,(H2,17,18,19,20,21). The third kappa shape index (κ3) is 7.46. The predicted molar refractivity (Wildman–Crippen MR) is 90.0 cm³/mol. The molecule has 1 aromatic rings. The highest BCUT2D eigenvalue weighted by Gasteiger charge is 2.26. The molecule has 1 aromatic heterocycles. The minimum atomic E-state index is -0.121. The van der Waals surface area contributed by atoms with Gasteiger partial charge in [0.1, 0.15) is 0 Å². The first kappa shape index (κ1) is 18.0. The summed E-state index contributed by atoms with van der Waals surface area (Å²) in [6, 6.07) is 0. The maximum absolute atomic E-state index is 5.98. The highest BCUT2D eigenvalue weighted by Crippen LogP contribution is 2.29. The number of hydrogen-bond donors (Lipinski definition) is 2. The van der Waals surface area contributed by atoms with Gasteiger partial charge in [0, 0.05) is 12.1 Å². The van der Waals surface area contributed by atoms with Gasteiger partial charge in [-0.3, -0.25) is 0 Å². The predicted octanol–water partition coefficient (Wildman–Crippen LogP) is 4.36. The molecule has 5 nitrogen and oxygen atoms in total. The second-order valence-electron chi connectivity index (χ2n) is 7.28. The van der Waals surface area contributed by atoms with Gasteiger partial charge in [-0.1, -0.05) is 34.1 Å². The molecule has 0 aliphatic heterocycles. The summed E-state index contributed by atoms with van der Waals surface area (Å²) >= 11 is 5.98. The van der Waals surface area contributed by atoms with Crippen LogP contribution in [0, 0.1) is 5.41 Å². The van der Waals surface area contributed by atoms with Gasteiger partial charge in [0.15, 0.2) is 0 Å². The van der Waals surface area contributed by atoms with Crippen molar-refractivity contribution in [3.8, 4) is 0 Å². The lowest BCUT2D eigenvalue weighted by atomic mass is 9.82. The SMILES string of the molecule is CCCCNc1nc(Cl)nc(NC(C)(C)CC(C)(C)C)n1. The first-order valence-electron chi connectivity index (χ1n) is 7.55. The van der Waals surface area contributed by atoms with E-state index < -0.39 is 0 Å². The van der Waals surface area contributed by atoms with Crippen LogP contribution in [0.4, 0.5) is 11.9 Å². The van der Waals surface area contributed by atoms with Crippen molar-refractivity contribution in [3.05, 3.63) is 5.28 Å². The van der Waals surface area contributed by atoms with E-state index in [0.29, 0.717) is 11.9 Å². The molecule has 120 valence electrons. The van der Waals surface area contributed by atoms with Crippen molar-refractivity contribution in [1.29, 1.82) is 0 Å². The molecule has 0 spiro atoms. The van der Waals surface area contributed by atoms with E-state index in [1.165, 1.54) is 0 Å². The highest BCUT2D eigenvalue weighted by molar-refractivity contribution is 6.28. The summed E-state index contributed by atoms with van der Waals surface area (Å²) in [5, 5.41) is 6.74. The van der Waals surface area contributed by atoms with Gasteiger partial charge >= 0.3 is 0 Å². The van der Waals surface area contributed by atoms with E-state index in [0.717, 1.165) is 25.8 Å². The van der Waals surface area contributed by atoms with Crippen molar-refractivity contribution in [1.82, 2.24) is 15.0 Å². The topological polar surface area (TPSA) is 62.7 Å². The zero-order valence-electron chi connectivity index (χ0n) is 14.0. The lowest BCUT2D eigenvalue weighted by Gasteiger charge is -2.33. The number of aromatic nitrogens is 3. The summed E-state index contributed by atoms with van der Waals surface area (Å²) in [6.07, 6.45) is 3.18. The molecule has 21 heavy (non-hydrogen) atoms. The van der Waals surface area contributed by atoms with E-state index in [4.69, 9.17) is 11.6 Å². The molecule has 0 fully saturated rings. The van der Waals surface area contributed by atoms with Crippen LogP contribution < -0.4 is 10.6 Å². The molecule has 0 atom stereocenters. The number of anilines is 2. The van der Waals surface area contributed by atoms with Crippen molar-refractivity contribution in [3.63, 3.8) is 0 Å². The normalized spacial score (nSPS) is 12.3. The maximum atomic E-state index is 5.98. The summed E-state index contributed by atoms with van der Waals surface area (Å²) in [5.41, 5.74) is 0.0964. The van der Waals surface area contributed by atoms with Gasteiger partial charge in [-0.15, -0.1) is 0 Å². The van der Waals surface area contributed by atoms with Gasteiger partial charge in [0.2, 0.25) is 17.2 Å². The average molecular weight is 314 g/mol. The van der Waals surface area contributed by atoms with Gasteiger partial charge in [-0.05, 0) is 43.7 Å². The van der Waals surface area contributed by atoms with Gasteiger partial charge < -0.3 is 10.6 Å². The van der Waals surface area contributed by atoms with Gasteiger partial charge in [0.05, 0.1) is 0 Å². The summed E-state index contributed by atoms with van der Waals surface area (Å²) in [5.74, 6) is 1.04. The lowest BCUT2D eigenvalue weighted by Crippen LogP contribution is -2.36. The summed E-state index contributed by atoms with van der Waals surface area (Å²) in [7, 11) is 0. The number of rotatable bonds is 7. The van der Waals surface area contributed by atoms with Gasteiger partial charge in [0.25, 0.3) is 0 Å². The zero-order chi connectivity index (χ0) is 16.1. The number of nitrogens with zero attached hydrogens (tertiary/aromatic N) is 3. The molecule has 0 aliphatic carbocycles. The molecule has 0 saturated heterocycles. The number of hydrogen-bond acceptors (Lipinski definition) is 5. The fraction of sp³-hybridized carbons (Fsp3) is 0.800. The first-order chi connectivity index (χ1) is 9.61. The quantitative estimate of drug-likeness (QED) is 0.732. The van der Waals surface area contributed by atoms with Gasteiger partial charge in [-0.25, -0.2) is 0 Å². The second kappa shape index (κ2) is 7.25. The van der Waals surface area contributed by atoms with Crippen LogP contribution >= 0.6 is 11.6 Å². The zero-order valence-corrected chi connectivity index (χ0v) is 14.8. The number of unbranched alkanes of at least 4 members (excludes halogenated alkanes) is 1. The van der Waals surface area contributed by atoms with Crippen molar-refractivity contribution >= 4 is 23.5 Å². The fourth-order valence-electron chi connectivity index (χ4n) is 2.53. The Hall–Kier alpha value is -1.10. The third-order valence-corrected chi connectivity index (χ3v) is 3.01. The van der Waals surface area contributed by atoms with Crippen LogP contribution in [-0.2, 0) is 0 Å². The molecule has 0 aromatic carbocycles. The molecule has 0 amide bonds. The fourth-order valence-corrected chi connectivity index (χ4v) is 2.69. The van der Waals surface area contributed by atoms with E-state index in [2.05, 4.69) is 67.1 Å². The van der Waals surface area contributed by atoms with E-state index in [9.17, 15) is 0 Å². The number of nitrogens with one attached hydrogen (secondary N) is 2. The highest BCUT2D eigenvalue weighted by atomic mass is 35.5. The Morgan fingerprint density at radius 3 is 2.19 bits per heavy atom. The Labute approximate surface area is 133 Å². The molecule has 6 heteroatoms. The van der Waals surface area contributed by atoms with Crippen LogP contribution in [0.25, 0.3) is 0 Å². The molecular weight excluding hydrogens is 286 g/mol. The van der Waals surface area contributed by atoms with Crippen LogP contribution in [0.2, 0.25) is 5.28 Å². The Morgan fingerprint density at radius 2 is 1.62 bits per heavy atom. The van der Waals surface area contributed by atoms with Crippen molar-refractivity contribution in [2.24, 2.45) is 5.41 Å². The molecule has 0 bridgehead atoms. The van der Waals surface area contributed by atoms with Crippen molar-refractivity contribution < 1.29 is 0 Å². The van der Waals surface area contributed by atoms with E-state index in [-0.39, 0.29) is 16.2 Å². The molecule has 0 radical (unpaired) electrons.